The molecule has 174 valence electrons. The van der Waals surface area contributed by atoms with E-state index in [1.165, 1.54) is 12.8 Å². The molecule has 2 aliphatic rings. The fraction of sp³-hybridized carbons (Fsp3) is 1.00. The highest BCUT2D eigenvalue weighted by atomic mass is 28.4. The van der Waals surface area contributed by atoms with Crippen molar-refractivity contribution in [3.8, 4) is 0 Å². The largest absolute Gasteiger partial charge is 0.399 e. The van der Waals surface area contributed by atoms with Crippen LogP contribution in [0.2, 0.25) is 12.1 Å². The van der Waals surface area contributed by atoms with Gasteiger partial charge in [0.1, 0.15) is 5.22 Å². The van der Waals surface area contributed by atoms with Crippen LogP contribution in [0.1, 0.15) is 58.3 Å². The highest BCUT2D eigenvalue weighted by Crippen LogP contribution is 2.43. The molecule has 0 bridgehead atoms. The Morgan fingerprint density at radius 1 is 0.621 bits per heavy atom. The predicted octanol–water partition coefficient (Wildman–Crippen LogP) is 4.06. The van der Waals surface area contributed by atoms with Crippen molar-refractivity contribution in [1.29, 1.82) is 0 Å². The van der Waals surface area contributed by atoms with Crippen LogP contribution in [0.15, 0.2) is 0 Å². The Hall–Kier alpha value is 0.154. The van der Waals surface area contributed by atoms with Crippen molar-refractivity contribution in [3.63, 3.8) is 0 Å². The van der Waals surface area contributed by atoms with E-state index in [-0.39, 0.29) is 5.22 Å². The second kappa shape index (κ2) is 12.3. The molecule has 9 heteroatoms. The van der Waals surface area contributed by atoms with Crippen LogP contribution in [0.3, 0.4) is 0 Å². The fourth-order valence-electron chi connectivity index (χ4n) is 5.22. The third-order valence-corrected chi connectivity index (χ3v) is 15.5. The number of hydrogen-bond acceptors (Lipinski definition) is 7. The van der Waals surface area contributed by atoms with Gasteiger partial charge in [-0.3, -0.25) is 0 Å². The summed E-state index contributed by atoms with van der Waals surface area (Å²) in [5.74, 6) is 0. The van der Waals surface area contributed by atoms with Crippen LogP contribution in [0.4, 0.5) is 0 Å². The SMILES string of the molecule is CCCC1(OC)CCCC[Si]1(OC)OC.COC1(OC)CCCC[Si]1(OC)OC. The summed E-state index contributed by atoms with van der Waals surface area (Å²) in [6.07, 6.45) is 8.79. The maximum Gasteiger partial charge on any atom is 0.399 e. The topological polar surface area (TPSA) is 64.6 Å². The molecule has 2 aliphatic heterocycles. The molecule has 7 nitrogen and oxygen atoms in total. The van der Waals surface area contributed by atoms with Gasteiger partial charge >= 0.3 is 17.1 Å². The predicted molar refractivity (Wildman–Crippen MR) is 118 cm³/mol. The summed E-state index contributed by atoms with van der Waals surface area (Å²) in [7, 11) is 7.56. The molecule has 0 aliphatic carbocycles. The summed E-state index contributed by atoms with van der Waals surface area (Å²) < 4.78 is 39.6. The minimum absolute atomic E-state index is 0.122. The summed E-state index contributed by atoms with van der Waals surface area (Å²) in [4.78, 5) is 0. The van der Waals surface area contributed by atoms with E-state index in [0.717, 1.165) is 50.6 Å². The van der Waals surface area contributed by atoms with Crippen molar-refractivity contribution in [2.75, 3.05) is 49.8 Å². The average molecular weight is 453 g/mol. The molecule has 2 rings (SSSR count). The van der Waals surface area contributed by atoms with Gasteiger partial charge in [0.05, 0.1) is 0 Å². The Morgan fingerprint density at radius 3 is 1.48 bits per heavy atom. The lowest BCUT2D eigenvalue weighted by molar-refractivity contribution is -0.183. The summed E-state index contributed by atoms with van der Waals surface area (Å²) in [5, 5.41) is -0.122. The summed E-state index contributed by atoms with van der Waals surface area (Å²) in [6, 6.07) is 2.00. The third kappa shape index (κ3) is 5.15. The second-order valence-electron chi connectivity index (χ2n) is 7.85. The van der Waals surface area contributed by atoms with Gasteiger partial charge in [-0.2, -0.15) is 0 Å². The van der Waals surface area contributed by atoms with E-state index < -0.39 is 22.5 Å². The monoisotopic (exact) mass is 452 g/mol. The van der Waals surface area contributed by atoms with Crippen molar-refractivity contribution in [2.24, 2.45) is 0 Å². The number of rotatable bonds is 9. The van der Waals surface area contributed by atoms with Gasteiger partial charge in [-0.05, 0) is 31.4 Å². The molecule has 0 spiro atoms. The Balaban J connectivity index is 0.000000291. The molecule has 2 heterocycles. The number of hydrogen-bond donors (Lipinski definition) is 0. The lowest BCUT2D eigenvalue weighted by atomic mass is 10.1. The van der Waals surface area contributed by atoms with E-state index in [9.17, 15) is 0 Å². The molecule has 0 amide bonds. The molecule has 0 aromatic rings. The molecule has 0 saturated carbocycles. The first-order chi connectivity index (χ1) is 13.9. The lowest BCUT2D eigenvalue weighted by Crippen LogP contribution is -2.65. The van der Waals surface area contributed by atoms with Crippen LogP contribution in [-0.4, -0.2) is 77.5 Å². The molecule has 2 saturated heterocycles. The van der Waals surface area contributed by atoms with Crippen LogP contribution < -0.4 is 0 Å². The number of methoxy groups -OCH3 is 3. The molecule has 0 aromatic heterocycles. The van der Waals surface area contributed by atoms with Crippen molar-refractivity contribution >= 4 is 17.1 Å². The van der Waals surface area contributed by atoms with Crippen LogP contribution in [-0.2, 0) is 31.9 Å². The molecule has 1 unspecified atom stereocenters. The third-order valence-electron chi connectivity index (χ3n) is 6.90. The average Bonchev–Trinajstić information content (AvgIpc) is 2.79. The first kappa shape index (κ1) is 27.2. The Kier molecular flexibility index (Phi) is 11.5. The highest BCUT2D eigenvalue weighted by molar-refractivity contribution is 6.71. The van der Waals surface area contributed by atoms with E-state index >= 15 is 0 Å². The van der Waals surface area contributed by atoms with Crippen LogP contribution in [0.25, 0.3) is 0 Å². The first-order valence-electron chi connectivity index (χ1n) is 10.8. The van der Waals surface area contributed by atoms with E-state index in [2.05, 4.69) is 6.92 Å². The maximum absolute atomic E-state index is 5.83. The Morgan fingerprint density at radius 2 is 1.10 bits per heavy atom. The van der Waals surface area contributed by atoms with Gasteiger partial charge in [-0.25, -0.2) is 0 Å². The molecular formula is C20H44O7Si2. The smallest absolute Gasteiger partial charge is 0.396 e. The van der Waals surface area contributed by atoms with Crippen molar-refractivity contribution in [3.05, 3.63) is 0 Å². The van der Waals surface area contributed by atoms with E-state index in [1.54, 1.807) is 49.8 Å². The van der Waals surface area contributed by atoms with Gasteiger partial charge < -0.3 is 31.9 Å². The van der Waals surface area contributed by atoms with Gasteiger partial charge in [0.25, 0.3) is 0 Å². The Bertz CT molecular complexity index is 430. The van der Waals surface area contributed by atoms with Gasteiger partial charge in [-0.1, -0.05) is 32.6 Å². The molecule has 1 atom stereocenters. The molecule has 0 radical (unpaired) electrons. The zero-order valence-electron chi connectivity index (χ0n) is 19.9. The first-order valence-corrected chi connectivity index (χ1v) is 14.8. The maximum atomic E-state index is 5.83. The van der Waals surface area contributed by atoms with E-state index in [1.807, 2.05) is 0 Å². The lowest BCUT2D eigenvalue weighted by Gasteiger charge is -2.47. The highest BCUT2D eigenvalue weighted by Gasteiger charge is 2.60. The van der Waals surface area contributed by atoms with Crippen LogP contribution >= 0.6 is 0 Å². The zero-order valence-corrected chi connectivity index (χ0v) is 21.9. The quantitative estimate of drug-likeness (QED) is 0.386. The second-order valence-corrected chi connectivity index (χ2v) is 15.2. The van der Waals surface area contributed by atoms with E-state index in [4.69, 9.17) is 31.9 Å². The fourth-order valence-corrected chi connectivity index (χ4v) is 12.7. The molecule has 29 heavy (non-hydrogen) atoms. The van der Waals surface area contributed by atoms with Gasteiger partial charge in [0.2, 0.25) is 5.41 Å². The molecular weight excluding hydrogens is 408 g/mol. The Labute approximate surface area is 180 Å². The van der Waals surface area contributed by atoms with Crippen molar-refractivity contribution in [1.82, 2.24) is 0 Å². The minimum Gasteiger partial charge on any atom is -0.396 e. The standard InChI is InChI=1S/C11H24O3Si.C9H20O4Si/c1-5-8-11(12-2)9-6-7-10-15(11,13-3)14-4;1-10-9(11-2)7-5-6-8-14(9,12-3)13-4/h5-10H2,1-4H3;5-8H2,1-4H3. The summed E-state index contributed by atoms with van der Waals surface area (Å²) in [5.41, 5.74) is -0.630. The van der Waals surface area contributed by atoms with Gasteiger partial charge in [0, 0.05) is 56.2 Å². The molecule has 0 N–H and O–H groups in total. The van der Waals surface area contributed by atoms with E-state index in [0.29, 0.717) is 0 Å². The van der Waals surface area contributed by atoms with Gasteiger partial charge in [0.15, 0.2) is 0 Å². The normalized spacial score (nSPS) is 27.7. The zero-order chi connectivity index (χ0) is 22.0. The molecule has 0 aromatic carbocycles. The van der Waals surface area contributed by atoms with Crippen molar-refractivity contribution in [2.45, 2.75) is 81.0 Å². The van der Waals surface area contributed by atoms with Crippen LogP contribution in [0, 0.1) is 0 Å². The minimum atomic E-state index is -2.35. The molecule has 2 fully saturated rings. The number of ether oxygens (including phenoxy) is 3. The summed E-state index contributed by atoms with van der Waals surface area (Å²) >= 11 is 0. The van der Waals surface area contributed by atoms with Gasteiger partial charge in [-0.15, -0.1) is 0 Å². The van der Waals surface area contributed by atoms with Crippen molar-refractivity contribution < 1.29 is 31.9 Å². The van der Waals surface area contributed by atoms with Crippen LogP contribution in [0.5, 0.6) is 0 Å². The summed E-state index contributed by atoms with van der Waals surface area (Å²) in [6.45, 7) is 2.19.